The van der Waals surface area contributed by atoms with Crippen LogP contribution in [0.25, 0.3) is 16.8 Å². The quantitative estimate of drug-likeness (QED) is 0.549. The predicted octanol–water partition coefficient (Wildman–Crippen LogP) is 2.65. The number of nitrogens with one attached hydrogen (secondary N) is 1. The number of rotatable bonds is 5. The van der Waals surface area contributed by atoms with Gasteiger partial charge in [-0.3, -0.25) is 9.59 Å². The molecule has 4 aromatic rings. The average Bonchev–Trinajstić information content (AvgIpc) is 3.16. The lowest BCUT2D eigenvalue weighted by molar-refractivity contribution is -0.117. The number of ether oxygens (including phenoxy) is 1. The predicted molar refractivity (Wildman–Crippen MR) is 109 cm³/mol. The summed E-state index contributed by atoms with van der Waals surface area (Å²) in [7, 11) is 1.51. The van der Waals surface area contributed by atoms with Gasteiger partial charge in [-0.25, -0.2) is 13.6 Å². The molecule has 0 radical (unpaired) electrons. The lowest BCUT2D eigenvalue weighted by Gasteiger charge is -2.11. The molecule has 0 aliphatic carbocycles. The van der Waals surface area contributed by atoms with Crippen LogP contribution in [0, 0.1) is 12.7 Å². The first-order chi connectivity index (χ1) is 14.4. The van der Waals surface area contributed by atoms with Gasteiger partial charge in [0.15, 0.2) is 0 Å². The Morgan fingerprint density at radius 3 is 2.67 bits per heavy atom. The maximum atomic E-state index is 13.1. The maximum absolute atomic E-state index is 13.1. The molecule has 2 heterocycles. The van der Waals surface area contributed by atoms with Gasteiger partial charge in [0.25, 0.3) is 5.56 Å². The van der Waals surface area contributed by atoms with Crippen molar-refractivity contribution in [2.75, 3.05) is 12.4 Å². The number of amides is 1. The molecular formula is C21H18FN5O3. The van der Waals surface area contributed by atoms with Gasteiger partial charge < -0.3 is 10.1 Å². The molecule has 0 aliphatic heterocycles. The first-order valence-corrected chi connectivity index (χ1v) is 9.10. The van der Waals surface area contributed by atoms with E-state index in [-0.39, 0.29) is 17.9 Å². The molecule has 0 bridgehead atoms. The van der Waals surface area contributed by atoms with E-state index in [1.54, 1.807) is 30.3 Å². The van der Waals surface area contributed by atoms with E-state index in [0.717, 1.165) is 10.2 Å². The number of carbonyl (C=O) groups is 1. The Balaban J connectivity index is 1.60. The zero-order chi connectivity index (χ0) is 21.3. The molecule has 2 aromatic heterocycles. The summed E-state index contributed by atoms with van der Waals surface area (Å²) in [6.07, 6.45) is 1.35. The third kappa shape index (κ3) is 3.77. The second-order valence-corrected chi connectivity index (χ2v) is 6.71. The van der Waals surface area contributed by atoms with Crippen LogP contribution in [0.3, 0.4) is 0 Å². The summed E-state index contributed by atoms with van der Waals surface area (Å²) >= 11 is 0. The van der Waals surface area contributed by atoms with Crippen LogP contribution in [0.1, 0.15) is 5.56 Å². The van der Waals surface area contributed by atoms with Crippen molar-refractivity contribution in [3.8, 4) is 17.0 Å². The second kappa shape index (κ2) is 7.78. The topological polar surface area (TPSA) is 90.5 Å². The highest BCUT2D eigenvalue weighted by molar-refractivity contribution is 5.92. The number of hydrogen-bond donors (Lipinski definition) is 1. The number of methoxy groups -OCH3 is 1. The van der Waals surface area contributed by atoms with E-state index < -0.39 is 11.5 Å². The minimum Gasteiger partial charge on any atom is -0.495 e. The number of carbonyl (C=O) groups excluding carboxylic acids is 1. The number of hydrogen-bond acceptors (Lipinski definition) is 5. The van der Waals surface area contributed by atoms with Gasteiger partial charge in [-0.15, -0.1) is 0 Å². The van der Waals surface area contributed by atoms with Crippen LogP contribution in [0.4, 0.5) is 10.1 Å². The summed E-state index contributed by atoms with van der Waals surface area (Å²) in [5.74, 6) is -0.261. The molecule has 0 unspecified atom stereocenters. The van der Waals surface area contributed by atoms with Crippen molar-refractivity contribution in [1.82, 2.24) is 19.4 Å². The molecule has 2 aromatic carbocycles. The highest BCUT2D eigenvalue weighted by Crippen LogP contribution is 2.25. The minimum atomic E-state index is -0.468. The molecule has 4 rings (SSSR count). The summed E-state index contributed by atoms with van der Waals surface area (Å²) in [6, 6.07) is 12.8. The van der Waals surface area contributed by atoms with E-state index >= 15 is 0 Å². The Bertz CT molecular complexity index is 1290. The fourth-order valence-electron chi connectivity index (χ4n) is 3.06. The van der Waals surface area contributed by atoms with Crippen molar-refractivity contribution in [3.63, 3.8) is 0 Å². The van der Waals surface area contributed by atoms with Crippen LogP contribution in [-0.4, -0.2) is 32.4 Å². The zero-order valence-corrected chi connectivity index (χ0v) is 16.3. The Morgan fingerprint density at radius 2 is 1.93 bits per heavy atom. The summed E-state index contributed by atoms with van der Waals surface area (Å²) < 4.78 is 20.8. The van der Waals surface area contributed by atoms with Crippen molar-refractivity contribution in [2.45, 2.75) is 13.5 Å². The van der Waals surface area contributed by atoms with E-state index in [1.165, 1.54) is 30.1 Å². The van der Waals surface area contributed by atoms with Crippen LogP contribution < -0.4 is 15.6 Å². The van der Waals surface area contributed by atoms with Gasteiger partial charge in [0, 0.05) is 5.56 Å². The Morgan fingerprint density at radius 1 is 1.17 bits per heavy atom. The zero-order valence-electron chi connectivity index (χ0n) is 16.3. The van der Waals surface area contributed by atoms with E-state index in [9.17, 15) is 14.0 Å². The SMILES string of the molecule is COc1ccc(C)cc1NC(=O)Cn1ncn2nc(-c3ccc(F)cc3)cc2c1=O. The van der Waals surface area contributed by atoms with Crippen LogP contribution >= 0.6 is 0 Å². The fraction of sp³-hybridized carbons (Fsp3) is 0.143. The molecule has 8 nitrogen and oxygen atoms in total. The van der Waals surface area contributed by atoms with Crippen LogP contribution in [-0.2, 0) is 11.3 Å². The monoisotopic (exact) mass is 407 g/mol. The summed E-state index contributed by atoms with van der Waals surface area (Å²) in [5, 5.41) is 11.1. The molecule has 30 heavy (non-hydrogen) atoms. The highest BCUT2D eigenvalue weighted by Gasteiger charge is 2.14. The molecule has 1 N–H and O–H groups in total. The number of anilines is 1. The number of fused-ring (bicyclic) bond motifs is 1. The van der Waals surface area contributed by atoms with Crippen molar-refractivity contribution in [1.29, 1.82) is 0 Å². The summed E-state index contributed by atoms with van der Waals surface area (Å²) in [5.41, 5.74) is 2.42. The number of halogens is 1. The van der Waals surface area contributed by atoms with Gasteiger partial charge in [-0.05, 0) is 55.0 Å². The second-order valence-electron chi connectivity index (χ2n) is 6.71. The van der Waals surface area contributed by atoms with E-state index in [2.05, 4.69) is 15.5 Å². The lowest BCUT2D eigenvalue weighted by atomic mass is 10.1. The molecule has 9 heteroatoms. The van der Waals surface area contributed by atoms with Gasteiger partial charge in [-0.1, -0.05) is 6.07 Å². The minimum absolute atomic E-state index is 0.255. The standard InChI is InChI=1S/C21H18FN5O3/c1-13-3-8-19(30-2)17(9-13)24-20(28)11-26-21(29)18-10-16(25-27(18)12-23-26)14-4-6-15(22)7-5-14/h3-10,12H,11H2,1-2H3,(H,24,28). The van der Waals surface area contributed by atoms with Crippen molar-refractivity contribution in [3.05, 3.63) is 76.6 Å². The van der Waals surface area contributed by atoms with E-state index in [1.807, 2.05) is 13.0 Å². The maximum Gasteiger partial charge on any atom is 0.293 e. The number of nitrogens with zero attached hydrogens (tertiary/aromatic N) is 4. The Hall–Kier alpha value is -4.01. The summed E-state index contributed by atoms with van der Waals surface area (Å²) in [6.45, 7) is 1.62. The third-order valence-corrected chi connectivity index (χ3v) is 4.55. The molecule has 0 aliphatic rings. The van der Waals surface area contributed by atoms with Crippen LogP contribution in [0.5, 0.6) is 5.75 Å². The van der Waals surface area contributed by atoms with Crippen molar-refractivity contribution < 1.29 is 13.9 Å². The molecule has 152 valence electrons. The molecule has 0 saturated heterocycles. The molecular weight excluding hydrogens is 389 g/mol. The number of aryl methyl sites for hydroxylation is 1. The molecule has 0 saturated carbocycles. The van der Waals surface area contributed by atoms with Crippen molar-refractivity contribution >= 4 is 17.1 Å². The number of aromatic nitrogens is 4. The average molecular weight is 407 g/mol. The largest absolute Gasteiger partial charge is 0.495 e. The van der Waals surface area contributed by atoms with Gasteiger partial charge in [-0.2, -0.15) is 10.2 Å². The van der Waals surface area contributed by atoms with Gasteiger partial charge >= 0.3 is 0 Å². The smallest absolute Gasteiger partial charge is 0.293 e. The normalized spacial score (nSPS) is 10.9. The first-order valence-electron chi connectivity index (χ1n) is 9.10. The summed E-state index contributed by atoms with van der Waals surface area (Å²) in [4.78, 5) is 25.3. The molecule has 0 atom stereocenters. The molecule has 0 spiro atoms. The number of benzene rings is 2. The highest BCUT2D eigenvalue weighted by atomic mass is 19.1. The first kappa shape index (κ1) is 19.3. The van der Waals surface area contributed by atoms with Gasteiger partial charge in [0.05, 0.1) is 18.5 Å². The van der Waals surface area contributed by atoms with E-state index in [4.69, 9.17) is 4.74 Å². The fourth-order valence-corrected chi connectivity index (χ4v) is 3.06. The van der Waals surface area contributed by atoms with Crippen molar-refractivity contribution in [2.24, 2.45) is 0 Å². The van der Waals surface area contributed by atoms with Crippen LogP contribution in [0.15, 0.2) is 59.7 Å². The lowest BCUT2D eigenvalue weighted by Crippen LogP contribution is -2.30. The van der Waals surface area contributed by atoms with Gasteiger partial charge in [0.2, 0.25) is 5.91 Å². The van der Waals surface area contributed by atoms with Gasteiger partial charge in [0.1, 0.15) is 30.0 Å². The van der Waals surface area contributed by atoms with Crippen LogP contribution in [0.2, 0.25) is 0 Å². The Kier molecular flexibility index (Phi) is 5.01. The Labute approximate surface area is 170 Å². The third-order valence-electron chi connectivity index (χ3n) is 4.55. The molecule has 0 fully saturated rings. The van der Waals surface area contributed by atoms with E-state index in [0.29, 0.717) is 22.7 Å². The molecule has 1 amide bonds.